The van der Waals surface area contributed by atoms with Crippen molar-refractivity contribution in [2.75, 3.05) is 0 Å². The van der Waals surface area contributed by atoms with Crippen molar-refractivity contribution in [1.29, 1.82) is 0 Å². The lowest BCUT2D eigenvalue weighted by molar-refractivity contribution is 0.0532. The van der Waals surface area contributed by atoms with E-state index >= 15 is 0 Å². The van der Waals surface area contributed by atoms with Crippen LogP contribution in [-0.4, -0.2) is 16.3 Å². The van der Waals surface area contributed by atoms with E-state index in [0.29, 0.717) is 0 Å². The van der Waals surface area contributed by atoms with Crippen molar-refractivity contribution in [3.8, 4) is 0 Å². The lowest BCUT2D eigenvalue weighted by Gasteiger charge is -2.20. The third-order valence-corrected chi connectivity index (χ3v) is 2.68. The Bertz CT molecular complexity index is 399. The highest BCUT2D eigenvalue weighted by molar-refractivity contribution is 5.72. The van der Waals surface area contributed by atoms with Gasteiger partial charge in [0.25, 0.3) is 0 Å². The molecule has 1 heterocycles. The fraction of sp³-hybridized carbons (Fsp3) is 0.667. The van der Waals surface area contributed by atoms with Crippen LogP contribution in [0, 0.1) is 0 Å². The van der Waals surface area contributed by atoms with Gasteiger partial charge in [-0.05, 0) is 45.2 Å². The Labute approximate surface area is 110 Å². The number of ether oxygens (including phenoxy) is 1. The van der Waals surface area contributed by atoms with Crippen LogP contribution >= 0.6 is 0 Å². The van der Waals surface area contributed by atoms with Crippen LogP contribution in [0.25, 0.3) is 0 Å². The van der Waals surface area contributed by atoms with Gasteiger partial charge in [-0.3, -0.25) is 4.57 Å². The second-order valence-electron chi connectivity index (χ2n) is 5.64. The Kier molecular flexibility index (Phi) is 5.00. The van der Waals surface area contributed by atoms with E-state index in [0.717, 1.165) is 31.4 Å². The van der Waals surface area contributed by atoms with E-state index < -0.39 is 5.60 Å². The average molecular weight is 251 g/mol. The summed E-state index contributed by atoms with van der Waals surface area (Å²) in [5.74, 6) is 0. The maximum Gasteiger partial charge on any atom is 0.418 e. The SMILES string of the molecule is CCCc1ccn(C(=O)OC(C)(C)C)c1CCC. The van der Waals surface area contributed by atoms with Gasteiger partial charge in [-0.25, -0.2) is 4.79 Å². The number of carbonyl (C=O) groups excluding carboxylic acids is 1. The first-order valence-corrected chi connectivity index (χ1v) is 6.81. The molecule has 0 bridgehead atoms. The molecule has 1 rings (SSSR count). The van der Waals surface area contributed by atoms with Gasteiger partial charge in [-0.15, -0.1) is 0 Å². The van der Waals surface area contributed by atoms with Gasteiger partial charge in [0.2, 0.25) is 0 Å². The average Bonchev–Trinajstić information content (AvgIpc) is 2.60. The lowest BCUT2D eigenvalue weighted by Crippen LogP contribution is -2.27. The molecule has 0 N–H and O–H groups in total. The maximum absolute atomic E-state index is 12.1. The molecule has 0 atom stereocenters. The molecule has 0 saturated carbocycles. The minimum absolute atomic E-state index is 0.270. The number of nitrogens with zero attached hydrogens (tertiary/aromatic N) is 1. The molecule has 0 aliphatic rings. The highest BCUT2D eigenvalue weighted by atomic mass is 16.6. The molecule has 0 aliphatic heterocycles. The number of hydrogen-bond donors (Lipinski definition) is 0. The largest absolute Gasteiger partial charge is 0.443 e. The molecule has 0 amide bonds. The summed E-state index contributed by atoms with van der Waals surface area (Å²) in [7, 11) is 0. The molecule has 3 heteroatoms. The second-order valence-corrected chi connectivity index (χ2v) is 5.64. The van der Waals surface area contributed by atoms with E-state index in [4.69, 9.17) is 4.74 Å². The molecule has 1 aromatic heterocycles. The Balaban J connectivity index is 2.97. The van der Waals surface area contributed by atoms with E-state index in [1.54, 1.807) is 4.57 Å². The second kappa shape index (κ2) is 6.07. The van der Waals surface area contributed by atoms with Crippen LogP contribution in [0.5, 0.6) is 0 Å². The van der Waals surface area contributed by atoms with Gasteiger partial charge in [0, 0.05) is 11.9 Å². The van der Waals surface area contributed by atoms with Crippen LogP contribution in [0.3, 0.4) is 0 Å². The summed E-state index contributed by atoms with van der Waals surface area (Å²) in [5.41, 5.74) is 1.93. The first-order valence-electron chi connectivity index (χ1n) is 6.81. The van der Waals surface area contributed by atoms with Crippen molar-refractivity contribution in [3.63, 3.8) is 0 Å². The summed E-state index contributed by atoms with van der Waals surface area (Å²) in [6, 6.07) is 2.04. The van der Waals surface area contributed by atoms with Gasteiger partial charge in [-0.1, -0.05) is 26.7 Å². The summed E-state index contributed by atoms with van der Waals surface area (Å²) < 4.78 is 7.09. The van der Waals surface area contributed by atoms with Crippen molar-refractivity contribution in [3.05, 3.63) is 23.5 Å². The molecule has 3 nitrogen and oxygen atoms in total. The molecule has 0 saturated heterocycles. The predicted octanol–water partition coefficient (Wildman–Crippen LogP) is 4.18. The molecule has 0 aliphatic carbocycles. The Morgan fingerprint density at radius 1 is 1.22 bits per heavy atom. The zero-order valence-corrected chi connectivity index (χ0v) is 12.2. The van der Waals surface area contributed by atoms with Gasteiger partial charge in [0.05, 0.1) is 0 Å². The smallest absolute Gasteiger partial charge is 0.418 e. The Hall–Kier alpha value is -1.25. The predicted molar refractivity (Wildman–Crippen MR) is 74.1 cm³/mol. The molecule has 1 aromatic rings. The van der Waals surface area contributed by atoms with Gasteiger partial charge in [-0.2, -0.15) is 0 Å². The van der Waals surface area contributed by atoms with Crippen LogP contribution in [0.15, 0.2) is 12.3 Å². The van der Waals surface area contributed by atoms with Crippen LogP contribution in [-0.2, 0) is 17.6 Å². The first kappa shape index (κ1) is 14.8. The standard InChI is InChI=1S/C15H25NO2/c1-6-8-12-10-11-16(13(12)9-7-2)14(17)18-15(3,4)5/h10-11H,6-9H2,1-5H3. The summed E-state index contributed by atoms with van der Waals surface area (Å²) in [6.07, 6.45) is 5.63. The van der Waals surface area contributed by atoms with Gasteiger partial charge in [0.15, 0.2) is 0 Å². The van der Waals surface area contributed by atoms with E-state index in [1.165, 1.54) is 5.56 Å². The van der Waals surface area contributed by atoms with Crippen LogP contribution in [0.2, 0.25) is 0 Å². The number of rotatable bonds is 4. The number of hydrogen-bond acceptors (Lipinski definition) is 2. The molecule has 0 fully saturated rings. The zero-order chi connectivity index (χ0) is 13.8. The summed E-state index contributed by atoms with van der Waals surface area (Å²) in [4.78, 5) is 12.1. The zero-order valence-electron chi connectivity index (χ0n) is 12.2. The summed E-state index contributed by atoms with van der Waals surface area (Å²) in [6.45, 7) is 9.95. The van der Waals surface area contributed by atoms with Crippen LogP contribution < -0.4 is 0 Å². The van der Waals surface area contributed by atoms with Crippen molar-refractivity contribution >= 4 is 6.09 Å². The van der Waals surface area contributed by atoms with E-state index in [-0.39, 0.29) is 6.09 Å². The minimum Gasteiger partial charge on any atom is -0.443 e. The van der Waals surface area contributed by atoms with E-state index in [9.17, 15) is 4.79 Å². The van der Waals surface area contributed by atoms with Crippen LogP contribution in [0.1, 0.15) is 58.7 Å². The number of aromatic nitrogens is 1. The van der Waals surface area contributed by atoms with Gasteiger partial charge in [0.1, 0.15) is 5.60 Å². The van der Waals surface area contributed by atoms with E-state index in [2.05, 4.69) is 13.8 Å². The molecular formula is C15H25NO2. The van der Waals surface area contributed by atoms with Crippen molar-refractivity contribution in [2.24, 2.45) is 0 Å². The van der Waals surface area contributed by atoms with E-state index in [1.807, 2.05) is 33.0 Å². The van der Waals surface area contributed by atoms with Crippen molar-refractivity contribution < 1.29 is 9.53 Å². The molecule has 18 heavy (non-hydrogen) atoms. The molecule has 0 spiro atoms. The number of aryl methyl sites for hydroxylation is 1. The highest BCUT2D eigenvalue weighted by Gasteiger charge is 2.20. The molecule has 0 unspecified atom stereocenters. The summed E-state index contributed by atoms with van der Waals surface area (Å²) in [5, 5.41) is 0. The van der Waals surface area contributed by atoms with Crippen LogP contribution in [0.4, 0.5) is 4.79 Å². The van der Waals surface area contributed by atoms with Crippen molar-refractivity contribution in [2.45, 2.75) is 65.9 Å². The normalized spacial score (nSPS) is 11.6. The highest BCUT2D eigenvalue weighted by Crippen LogP contribution is 2.18. The third kappa shape index (κ3) is 3.90. The lowest BCUT2D eigenvalue weighted by atomic mass is 10.1. The first-order chi connectivity index (χ1) is 8.39. The monoisotopic (exact) mass is 251 g/mol. The Morgan fingerprint density at radius 3 is 2.33 bits per heavy atom. The summed E-state index contributed by atoms with van der Waals surface area (Å²) >= 11 is 0. The van der Waals surface area contributed by atoms with Crippen molar-refractivity contribution in [1.82, 2.24) is 4.57 Å². The quantitative estimate of drug-likeness (QED) is 0.804. The Morgan fingerprint density at radius 2 is 1.83 bits per heavy atom. The minimum atomic E-state index is -0.449. The fourth-order valence-electron chi connectivity index (χ4n) is 2.00. The topological polar surface area (TPSA) is 31.2 Å². The molecule has 102 valence electrons. The van der Waals surface area contributed by atoms with Gasteiger partial charge >= 0.3 is 6.09 Å². The molecular weight excluding hydrogens is 226 g/mol. The number of carbonyl (C=O) groups is 1. The third-order valence-electron chi connectivity index (χ3n) is 2.68. The van der Waals surface area contributed by atoms with Gasteiger partial charge < -0.3 is 4.74 Å². The fourth-order valence-corrected chi connectivity index (χ4v) is 2.00. The molecule has 0 aromatic carbocycles. The maximum atomic E-state index is 12.1. The molecule has 0 radical (unpaired) electrons.